The summed E-state index contributed by atoms with van der Waals surface area (Å²) in [6.45, 7) is 7.81. The minimum Gasteiger partial charge on any atom is -0.462 e. The van der Waals surface area contributed by atoms with Crippen LogP contribution in [-0.2, 0) is 4.74 Å². The van der Waals surface area contributed by atoms with Gasteiger partial charge in [0.05, 0.1) is 17.2 Å². The summed E-state index contributed by atoms with van der Waals surface area (Å²) in [6.07, 6.45) is 1.06. The SMILES string of the molecule is CCOC(=O)c1c(NC2CC2C)sc(C(=O)C(C)C)c1N. The molecule has 1 aliphatic rings. The third kappa shape index (κ3) is 3.20. The van der Waals surface area contributed by atoms with E-state index in [-0.39, 0.29) is 24.0 Å². The summed E-state index contributed by atoms with van der Waals surface area (Å²) in [5.41, 5.74) is 6.61. The Balaban J connectivity index is 2.38. The molecule has 1 aromatic heterocycles. The molecule has 0 radical (unpaired) electrons. The number of esters is 1. The van der Waals surface area contributed by atoms with Gasteiger partial charge in [0.2, 0.25) is 0 Å². The maximum atomic E-state index is 12.2. The van der Waals surface area contributed by atoms with E-state index in [9.17, 15) is 9.59 Å². The zero-order chi connectivity index (χ0) is 15.7. The van der Waals surface area contributed by atoms with Gasteiger partial charge in [0, 0.05) is 12.0 Å². The number of ether oxygens (including phenoxy) is 1. The third-order valence-electron chi connectivity index (χ3n) is 3.60. The Hall–Kier alpha value is -1.56. The Kier molecular flexibility index (Phi) is 4.56. The van der Waals surface area contributed by atoms with Gasteiger partial charge in [-0.3, -0.25) is 4.79 Å². The fourth-order valence-electron chi connectivity index (χ4n) is 2.09. The molecule has 0 aromatic carbocycles. The molecule has 0 spiro atoms. The van der Waals surface area contributed by atoms with Crippen LogP contribution in [0.5, 0.6) is 0 Å². The second-order valence-electron chi connectivity index (χ2n) is 5.75. The van der Waals surface area contributed by atoms with Crippen molar-refractivity contribution in [3.05, 3.63) is 10.4 Å². The van der Waals surface area contributed by atoms with Crippen LogP contribution in [-0.4, -0.2) is 24.4 Å². The van der Waals surface area contributed by atoms with Crippen molar-refractivity contribution in [1.82, 2.24) is 0 Å². The summed E-state index contributed by atoms with van der Waals surface area (Å²) in [6, 6.07) is 0.346. The van der Waals surface area contributed by atoms with E-state index in [2.05, 4.69) is 12.2 Å². The van der Waals surface area contributed by atoms with Crippen molar-refractivity contribution in [2.75, 3.05) is 17.7 Å². The number of anilines is 2. The lowest BCUT2D eigenvalue weighted by Gasteiger charge is -2.06. The molecule has 2 atom stereocenters. The molecule has 5 nitrogen and oxygen atoms in total. The first-order chi connectivity index (χ1) is 9.86. The van der Waals surface area contributed by atoms with E-state index < -0.39 is 5.97 Å². The largest absolute Gasteiger partial charge is 0.462 e. The highest BCUT2D eigenvalue weighted by Crippen LogP contribution is 2.41. The van der Waals surface area contributed by atoms with E-state index in [0.29, 0.717) is 27.4 Å². The van der Waals surface area contributed by atoms with Crippen LogP contribution in [0.1, 0.15) is 54.1 Å². The first-order valence-electron chi connectivity index (χ1n) is 7.26. The lowest BCUT2D eigenvalue weighted by atomic mass is 10.1. The van der Waals surface area contributed by atoms with Crippen LogP contribution in [0.3, 0.4) is 0 Å². The molecular weight excluding hydrogens is 288 g/mol. The van der Waals surface area contributed by atoms with Crippen molar-refractivity contribution in [2.45, 2.75) is 40.2 Å². The van der Waals surface area contributed by atoms with Crippen molar-refractivity contribution >= 4 is 33.8 Å². The topological polar surface area (TPSA) is 81.4 Å². The fraction of sp³-hybridized carbons (Fsp3) is 0.600. The average molecular weight is 310 g/mol. The van der Waals surface area contributed by atoms with Crippen molar-refractivity contribution in [1.29, 1.82) is 0 Å². The maximum absolute atomic E-state index is 12.2. The standard InChI is InChI=1S/C15H22N2O3S/c1-5-20-15(19)10-11(16)13(12(18)7(2)3)21-14(10)17-9-6-8(9)4/h7-9,17H,5-6,16H2,1-4H3. The van der Waals surface area contributed by atoms with Crippen molar-refractivity contribution in [3.8, 4) is 0 Å². The highest BCUT2D eigenvalue weighted by atomic mass is 32.1. The summed E-state index contributed by atoms with van der Waals surface area (Å²) >= 11 is 1.26. The number of carbonyl (C=O) groups is 2. The number of carbonyl (C=O) groups excluding carboxylic acids is 2. The fourth-order valence-corrected chi connectivity index (χ4v) is 3.35. The Morgan fingerprint density at radius 3 is 2.57 bits per heavy atom. The predicted octanol–water partition coefficient (Wildman–Crippen LogP) is 3.17. The van der Waals surface area contributed by atoms with E-state index >= 15 is 0 Å². The number of thiophene rings is 1. The smallest absolute Gasteiger partial charge is 0.343 e. The Morgan fingerprint density at radius 2 is 2.10 bits per heavy atom. The molecular formula is C15H22N2O3S. The van der Waals surface area contributed by atoms with Crippen LogP contribution >= 0.6 is 11.3 Å². The zero-order valence-electron chi connectivity index (χ0n) is 12.9. The van der Waals surface area contributed by atoms with Crippen LogP contribution in [0.15, 0.2) is 0 Å². The Labute approximate surface area is 128 Å². The molecule has 0 saturated heterocycles. The van der Waals surface area contributed by atoms with Crippen LogP contribution in [0, 0.1) is 11.8 Å². The lowest BCUT2D eigenvalue weighted by molar-refractivity contribution is 0.0529. The zero-order valence-corrected chi connectivity index (χ0v) is 13.7. The normalized spacial score (nSPS) is 20.4. The summed E-state index contributed by atoms with van der Waals surface area (Å²) in [5, 5.41) is 3.97. The van der Waals surface area contributed by atoms with Gasteiger partial charge in [-0.1, -0.05) is 20.8 Å². The van der Waals surface area contributed by atoms with Gasteiger partial charge in [0.15, 0.2) is 5.78 Å². The monoisotopic (exact) mass is 310 g/mol. The average Bonchev–Trinajstić information content (AvgIpc) is 2.99. The molecule has 116 valence electrons. The molecule has 6 heteroatoms. The van der Waals surface area contributed by atoms with E-state index in [0.717, 1.165) is 6.42 Å². The van der Waals surface area contributed by atoms with Gasteiger partial charge in [-0.05, 0) is 19.3 Å². The van der Waals surface area contributed by atoms with Crippen molar-refractivity contribution in [2.24, 2.45) is 11.8 Å². The van der Waals surface area contributed by atoms with E-state index in [1.54, 1.807) is 6.92 Å². The number of ketones is 1. The summed E-state index contributed by atoms with van der Waals surface area (Å²) in [4.78, 5) is 24.8. The van der Waals surface area contributed by atoms with E-state index in [4.69, 9.17) is 10.5 Å². The number of nitrogens with one attached hydrogen (secondary N) is 1. The number of hydrogen-bond acceptors (Lipinski definition) is 6. The molecule has 0 aliphatic heterocycles. The molecule has 0 amide bonds. The van der Waals surface area contributed by atoms with Crippen molar-refractivity contribution < 1.29 is 14.3 Å². The van der Waals surface area contributed by atoms with Crippen LogP contribution in [0.4, 0.5) is 10.7 Å². The molecule has 1 saturated carbocycles. The third-order valence-corrected chi connectivity index (χ3v) is 4.75. The second kappa shape index (κ2) is 6.05. The second-order valence-corrected chi connectivity index (χ2v) is 6.77. The van der Waals surface area contributed by atoms with Gasteiger partial charge in [-0.25, -0.2) is 4.79 Å². The number of nitrogen functional groups attached to an aromatic ring is 1. The molecule has 21 heavy (non-hydrogen) atoms. The Morgan fingerprint density at radius 1 is 1.48 bits per heavy atom. The minimum absolute atomic E-state index is 0.0417. The molecule has 0 bridgehead atoms. The number of nitrogens with two attached hydrogens (primary N) is 1. The number of hydrogen-bond donors (Lipinski definition) is 2. The maximum Gasteiger partial charge on any atom is 0.343 e. The molecule has 2 rings (SSSR count). The summed E-state index contributed by atoms with van der Waals surface area (Å²) in [7, 11) is 0. The first kappa shape index (κ1) is 15.8. The quantitative estimate of drug-likeness (QED) is 0.623. The van der Waals surface area contributed by atoms with Gasteiger partial charge < -0.3 is 15.8 Å². The van der Waals surface area contributed by atoms with Gasteiger partial charge in [0.25, 0.3) is 0 Å². The van der Waals surface area contributed by atoms with Crippen LogP contribution < -0.4 is 11.1 Å². The van der Waals surface area contributed by atoms with Crippen LogP contribution in [0.2, 0.25) is 0 Å². The van der Waals surface area contributed by atoms with Gasteiger partial charge in [0.1, 0.15) is 10.6 Å². The molecule has 1 aromatic rings. The minimum atomic E-state index is -0.468. The van der Waals surface area contributed by atoms with Gasteiger partial charge in [-0.15, -0.1) is 11.3 Å². The van der Waals surface area contributed by atoms with Crippen molar-refractivity contribution in [3.63, 3.8) is 0 Å². The Bertz CT molecular complexity index is 566. The highest BCUT2D eigenvalue weighted by Gasteiger charge is 2.35. The van der Waals surface area contributed by atoms with Gasteiger partial charge >= 0.3 is 5.97 Å². The summed E-state index contributed by atoms with van der Waals surface area (Å²) < 4.78 is 5.07. The number of Topliss-reactive ketones (excluding diaryl/α,β-unsaturated/α-hetero) is 1. The highest BCUT2D eigenvalue weighted by molar-refractivity contribution is 7.19. The molecule has 1 heterocycles. The molecule has 3 N–H and O–H groups in total. The lowest BCUT2D eigenvalue weighted by Crippen LogP contribution is -2.12. The number of rotatable bonds is 6. The van der Waals surface area contributed by atoms with Gasteiger partial charge in [-0.2, -0.15) is 0 Å². The summed E-state index contributed by atoms with van der Waals surface area (Å²) in [5.74, 6) is -0.0916. The predicted molar refractivity (Wildman–Crippen MR) is 85.0 cm³/mol. The van der Waals surface area contributed by atoms with E-state index in [1.807, 2.05) is 13.8 Å². The first-order valence-corrected chi connectivity index (χ1v) is 8.08. The van der Waals surface area contributed by atoms with Crippen LogP contribution in [0.25, 0.3) is 0 Å². The van der Waals surface area contributed by atoms with E-state index in [1.165, 1.54) is 11.3 Å². The molecule has 1 fully saturated rings. The molecule has 2 unspecified atom stereocenters. The molecule has 1 aliphatic carbocycles.